The molecule has 1 aliphatic rings. The van der Waals surface area contributed by atoms with Crippen LogP contribution in [0.2, 0.25) is 0 Å². The van der Waals surface area contributed by atoms with Crippen molar-refractivity contribution in [2.75, 3.05) is 18.4 Å². The van der Waals surface area contributed by atoms with E-state index < -0.39 is 10.0 Å². The number of amides is 1. The zero-order valence-corrected chi connectivity index (χ0v) is 19.2. The molecule has 5 rings (SSSR count). The summed E-state index contributed by atoms with van der Waals surface area (Å²) in [5.41, 5.74) is 2.50. The van der Waals surface area contributed by atoms with E-state index in [1.165, 1.54) is 16.6 Å². The number of nitrogens with one attached hydrogen (secondary N) is 2. The van der Waals surface area contributed by atoms with Crippen molar-refractivity contribution in [3.05, 3.63) is 53.7 Å². The zero-order valence-electron chi connectivity index (χ0n) is 17.5. The van der Waals surface area contributed by atoms with Crippen molar-refractivity contribution in [2.45, 2.75) is 24.2 Å². The number of anilines is 1. The van der Waals surface area contributed by atoms with Crippen LogP contribution in [0.25, 0.3) is 21.7 Å². The van der Waals surface area contributed by atoms with Crippen molar-refractivity contribution in [1.82, 2.24) is 18.8 Å². The molecular weight excluding hydrogens is 446 g/mol. The fourth-order valence-corrected chi connectivity index (χ4v) is 6.23. The highest BCUT2D eigenvalue weighted by molar-refractivity contribution is 7.89. The Hall–Kier alpha value is -2.95. The van der Waals surface area contributed by atoms with E-state index in [0.29, 0.717) is 18.8 Å². The molecule has 1 saturated heterocycles. The van der Waals surface area contributed by atoms with E-state index in [0.717, 1.165) is 41.0 Å². The number of benzene rings is 1. The van der Waals surface area contributed by atoms with Gasteiger partial charge in [0.2, 0.25) is 10.0 Å². The van der Waals surface area contributed by atoms with E-state index in [1.807, 2.05) is 29.6 Å². The average Bonchev–Trinajstić information content (AvgIpc) is 3.53. The first-order valence-corrected chi connectivity index (χ1v) is 12.8. The Morgan fingerprint density at radius 1 is 1.16 bits per heavy atom. The summed E-state index contributed by atoms with van der Waals surface area (Å²) >= 11 is 1.60. The van der Waals surface area contributed by atoms with Crippen molar-refractivity contribution >= 4 is 44.0 Å². The number of hydrogen-bond donors (Lipinski definition) is 2. The number of rotatable bonds is 5. The third-order valence-electron chi connectivity index (χ3n) is 5.66. The number of piperidine rings is 1. The van der Waals surface area contributed by atoms with Crippen LogP contribution in [0.3, 0.4) is 0 Å². The number of aromatic nitrogens is 3. The minimum atomic E-state index is -3.60. The van der Waals surface area contributed by atoms with Crippen LogP contribution in [0.1, 0.15) is 29.8 Å². The van der Waals surface area contributed by atoms with Gasteiger partial charge in [0.15, 0.2) is 0 Å². The lowest BCUT2D eigenvalue weighted by atomic mass is 10.2. The number of H-pyrrole nitrogens is 1. The first-order valence-electron chi connectivity index (χ1n) is 10.4. The molecule has 1 fully saturated rings. The van der Waals surface area contributed by atoms with Crippen LogP contribution in [-0.2, 0) is 17.1 Å². The molecule has 1 aliphatic heterocycles. The fourth-order valence-electron chi connectivity index (χ4n) is 3.97. The molecule has 3 aromatic heterocycles. The second-order valence-electron chi connectivity index (χ2n) is 7.89. The zero-order chi connectivity index (χ0) is 22.3. The highest BCUT2D eigenvalue weighted by Gasteiger charge is 2.28. The van der Waals surface area contributed by atoms with Gasteiger partial charge in [-0.15, -0.1) is 11.3 Å². The maximum absolute atomic E-state index is 13.0. The summed E-state index contributed by atoms with van der Waals surface area (Å²) in [5, 5.41) is 4.86. The Labute approximate surface area is 189 Å². The standard InChI is InChI=1S/C22H23N5O3S2/c1-26-14-16(32(29,30)27-9-3-2-4-10-27)13-19(26)22(28)23-15-7-8-17-18(12-15)25-21(24-17)20-6-5-11-31-20/h5-8,11-14H,2-4,9-10H2,1H3,(H,23,28)(H,24,25). The molecule has 10 heteroatoms. The van der Waals surface area contributed by atoms with Crippen LogP contribution in [0.15, 0.2) is 52.9 Å². The molecule has 32 heavy (non-hydrogen) atoms. The summed E-state index contributed by atoms with van der Waals surface area (Å²) < 4.78 is 29.0. The average molecular weight is 470 g/mol. The van der Waals surface area contributed by atoms with Gasteiger partial charge in [-0.25, -0.2) is 13.4 Å². The Morgan fingerprint density at radius 2 is 1.97 bits per heavy atom. The van der Waals surface area contributed by atoms with E-state index in [1.54, 1.807) is 29.0 Å². The van der Waals surface area contributed by atoms with Gasteiger partial charge in [-0.1, -0.05) is 12.5 Å². The first-order chi connectivity index (χ1) is 15.4. The molecule has 0 spiro atoms. The molecule has 166 valence electrons. The number of aryl methyl sites for hydroxylation is 1. The molecule has 0 aliphatic carbocycles. The maximum atomic E-state index is 13.0. The van der Waals surface area contributed by atoms with E-state index in [4.69, 9.17) is 0 Å². The Balaban J connectivity index is 1.37. The molecule has 0 radical (unpaired) electrons. The number of hydrogen-bond acceptors (Lipinski definition) is 5. The first kappa shape index (κ1) is 20.9. The van der Waals surface area contributed by atoms with Gasteiger partial charge in [-0.05, 0) is 48.6 Å². The van der Waals surface area contributed by atoms with Crippen LogP contribution in [-0.4, -0.2) is 46.3 Å². The van der Waals surface area contributed by atoms with E-state index in [-0.39, 0.29) is 16.5 Å². The quantitative estimate of drug-likeness (QED) is 0.460. The summed E-state index contributed by atoms with van der Waals surface area (Å²) in [4.78, 5) is 22.0. The highest BCUT2D eigenvalue weighted by Crippen LogP contribution is 2.27. The molecule has 0 bridgehead atoms. The van der Waals surface area contributed by atoms with Gasteiger partial charge in [-0.3, -0.25) is 4.79 Å². The smallest absolute Gasteiger partial charge is 0.272 e. The molecule has 4 heterocycles. The number of fused-ring (bicyclic) bond motifs is 1. The topological polar surface area (TPSA) is 100 Å². The fraction of sp³-hybridized carbons (Fsp3) is 0.273. The van der Waals surface area contributed by atoms with Crippen molar-refractivity contribution < 1.29 is 13.2 Å². The van der Waals surface area contributed by atoms with E-state index >= 15 is 0 Å². The molecule has 1 amide bonds. The van der Waals surface area contributed by atoms with Crippen molar-refractivity contribution in [2.24, 2.45) is 7.05 Å². The molecule has 4 aromatic rings. The number of nitrogens with zero attached hydrogens (tertiary/aromatic N) is 3. The summed E-state index contributed by atoms with van der Waals surface area (Å²) in [6, 6.07) is 10.9. The van der Waals surface area contributed by atoms with Gasteiger partial charge in [0.1, 0.15) is 16.4 Å². The van der Waals surface area contributed by atoms with Gasteiger partial charge < -0.3 is 14.9 Å². The SMILES string of the molecule is Cn1cc(S(=O)(=O)N2CCCCC2)cc1C(=O)Nc1ccc2nc(-c3cccs3)[nH]c2c1. The summed E-state index contributed by atoms with van der Waals surface area (Å²) in [6.45, 7) is 1.05. The molecule has 0 atom stereocenters. The number of aromatic amines is 1. The van der Waals surface area contributed by atoms with Crippen LogP contribution in [0.4, 0.5) is 5.69 Å². The number of thiophene rings is 1. The van der Waals surface area contributed by atoms with Crippen molar-refractivity contribution in [1.29, 1.82) is 0 Å². The van der Waals surface area contributed by atoms with Crippen LogP contribution in [0.5, 0.6) is 0 Å². The molecule has 2 N–H and O–H groups in total. The summed E-state index contributed by atoms with van der Waals surface area (Å²) in [6.07, 6.45) is 4.28. The lowest BCUT2D eigenvalue weighted by molar-refractivity contribution is 0.101. The Bertz CT molecular complexity index is 1380. The highest BCUT2D eigenvalue weighted by atomic mass is 32.2. The molecule has 0 saturated carbocycles. The second kappa shape index (κ2) is 8.19. The monoisotopic (exact) mass is 469 g/mol. The van der Waals surface area contributed by atoms with Gasteiger partial charge >= 0.3 is 0 Å². The van der Waals surface area contributed by atoms with Crippen LogP contribution < -0.4 is 5.32 Å². The summed E-state index contributed by atoms with van der Waals surface area (Å²) in [7, 11) is -1.92. The minimum Gasteiger partial charge on any atom is -0.345 e. The van der Waals surface area contributed by atoms with E-state index in [2.05, 4.69) is 15.3 Å². The predicted molar refractivity (Wildman–Crippen MR) is 125 cm³/mol. The number of carbonyl (C=O) groups excluding carboxylic acids is 1. The lowest BCUT2D eigenvalue weighted by Gasteiger charge is -2.25. The normalized spacial score (nSPS) is 15.3. The predicted octanol–water partition coefficient (Wildman–Crippen LogP) is 4.06. The molecule has 1 aromatic carbocycles. The van der Waals surface area contributed by atoms with Gasteiger partial charge in [0.05, 0.1) is 15.9 Å². The van der Waals surface area contributed by atoms with Crippen molar-refractivity contribution in [3.63, 3.8) is 0 Å². The second-order valence-corrected chi connectivity index (χ2v) is 10.8. The van der Waals surface area contributed by atoms with Crippen LogP contribution in [0, 0.1) is 0 Å². The third-order valence-corrected chi connectivity index (χ3v) is 8.40. The number of imidazole rings is 1. The Morgan fingerprint density at radius 3 is 2.72 bits per heavy atom. The molecule has 8 nitrogen and oxygen atoms in total. The van der Waals surface area contributed by atoms with E-state index in [9.17, 15) is 13.2 Å². The molecule has 0 unspecified atom stereocenters. The van der Waals surface area contributed by atoms with Gasteiger partial charge in [-0.2, -0.15) is 4.31 Å². The largest absolute Gasteiger partial charge is 0.345 e. The van der Waals surface area contributed by atoms with Crippen LogP contribution >= 0.6 is 11.3 Å². The lowest BCUT2D eigenvalue weighted by Crippen LogP contribution is -2.35. The third kappa shape index (κ3) is 3.85. The minimum absolute atomic E-state index is 0.150. The Kier molecular flexibility index (Phi) is 5.36. The summed E-state index contributed by atoms with van der Waals surface area (Å²) in [5.74, 6) is 0.415. The maximum Gasteiger partial charge on any atom is 0.272 e. The number of sulfonamides is 1. The van der Waals surface area contributed by atoms with Gasteiger partial charge in [0.25, 0.3) is 5.91 Å². The van der Waals surface area contributed by atoms with Gasteiger partial charge in [0, 0.05) is 32.0 Å². The van der Waals surface area contributed by atoms with Crippen molar-refractivity contribution in [3.8, 4) is 10.7 Å². The number of carbonyl (C=O) groups is 1. The molecular formula is C22H23N5O3S2.